The van der Waals surface area contributed by atoms with E-state index in [9.17, 15) is 0 Å². The van der Waals surface area contributed by atoms with Crippen molar-refractivity contribution in [2.24, 2.45) is 0 Å². The predicted molar refractivity (Wildman–Crippen MR) is 119 cm³/mol. The van der Waals surface area contributed by atoms with E-state index in [1.165, 1.54) is 35.0 Å². The van der Waals surface area contributed by atoms with Gasteiger partial charge >= 0.3 is 0 Å². The highest BCUT2D eigenvalue weighted by Crippen LogP contribution is 2.26. The van der Waals surface area contributed by atoms with Crippen LogP contribution in [0.3, 0.4) is 0 Å². The predicted octanol–water partition coefficient (Wildman–Crippen LogP) is 5.03. The number of rotatable bonds is 6. The van der Waals surface area contributed by atoms with Crippen LogP contribution in [0.5, 0.6) is 0 Å². The number of hydrogen-bond acceptors (Lipinski definition) is 2. The fourth-order valence-electron chi connectivity index (χ4n) is 4.60. The van der Waals surface area contributed by atoms with Crippen molar-refractivity contribution in [1.29, 1.82) is 0 Å². The van der Waals surface area contributed by atoms with Gasteiger partial charge in [-0.1, -0.05) is 60.7 Å². The Morgan fingerprint density at radius 3 is 2.34 bits per heavy atom. The SMILES string of the molecule is CN(CCCc1nc(-c2ccccc2)c2ccccn12)C1Cc2ccccc2C1. The Morgan fingerprint density at radius 1 is 0.897 bits per heavy atom. The van der Waals surface area contributed by atoms with Gasteiger partial charge in [-0.2, -0.15) is 0 Å². The molecule has 0 N–H and O–H groups in total. The van der Waals surface area contributed by atoms with E-state index >= 15 is 0 Å². The van der Waals surface area contributed by atoms with Crippen molar-refractivity contribution in [3.05, 3.63) is 95.9 Å². The molecule has 0 atom stereocenters. The lowest BCUT2D eigenvalue weighted by Crippen LogP contribution is -2.33. The van der Waals surface area contributed by atoms with Crippen molar-refractivity contribution in [3.63, 3.8) is 0 Å². The third kappa shape index (κ3) is 3.58. The second-order valence-corrected chi connectivity index (χ2v) is 8.11. The normalized spacial score (nSPS) is 14.0. The molecule has 4 aromatic rings. The molecule has 2 heterocycles. The molecule has 0 fully saturated rings. The van der Waals surface area contributed by atoms with Crippen molar-refractivity contribution in [3.8, 4) is 11.3 Å². The number of imidazole rings is 1. The lowest BCUT2D eigenvalue weighted by molar-refractivity contribution is 0.246. The van der Waals surface area contributed by atoms with Crippen molar-refractivity contribution in [1.82, 2.24) is 14.3 Å². The first-order valence-electron chi connectivity index (χ1n) is 10.6. The van der Waals surface area contributed by atoms with E-state index < -0.39 is 0 Å². The molecule has 0 radical (unpaired) electrons. The summed E-state index contributed by atoms with van der Waals surface area (Å²) in [7, 11) is 2.27. The van der Waals surface area contributed by atoms with Crippen LogP contribution in [0.1, 0.15) is 23.4 Å². The Balaban J connectivity index is 1.28. The maximum atomic E-state index is 5.03. The van der Waals surface area contributed by atoms with Crippen molar-refractivity contribution in [2.45, 2.75) is 31.7 Å². The Bertz CT molecular complexity index is 1090. The molecule has 5 rings (SSSR count). The van der Waals surface area contributed by atoms with Gasteiger partial charge in [0.1, 0.15) is 5.82 Å². The minimum atomic E-state index is 0.629. The standard InChI is InChI=1S/C26H27N3/c1-28(23-18-21-12-5-6-13-22(21)19-23)16-9-15-25-27-26(20-10-3-2-4-11-20)24-14-7-8-17-29(24)25/h2-8,10-14,17,23H,9,15-16,18-19H2,1H3. The molecule has 0 spiro atoms. The Hall–Kier alpha value is -2.91. The molecule has 0 unspecified atom stereocenters. The topological polar surface area (TPSA) is 20.5 Å². The number of hydrogen-bond donors (Lipinski definition) is 0. The second kappa shape index (κ2) is 7.84. The first-order chi connectivity index (χ1) is 14.3. The minimum Gasteiger partial charge on any atom is -0.303 e. The van der Waals surface area contributed by atoms with Crippen LogP contribution in [0.2, 0.25) is 0 Å². The smallest absolute Gasteiger partial charge is 0.114 e. The zero-order valence-corrected chi connectivity index (χ0v) is 17.0. The summed E-state index contributed by atoms with van der Waals surface area (Å²) in [5.74, 6) is 1.16. The number of fused-ring (bicyclic) bond motifs is 2. The van der Waals surface area contributed by atoms with Crippen molar-refractivity contribution >= 4 is 5.52 Å². The van der Waals surface area contributed by atoms with E-state index in [4.69, 9.17) is 4.98 Å². The van der Waals surface area contributed by atoms with E-state index in [0.717, 1.165) is 30.9 Å². The van der Waals surface area contributed by atoms with E-state index in [1.54, 1.807) is 0 Å². The quantitative estimate of drug-likeness (QED) is 0.467. The summed E-state index contributed by atoms with van der Waals surface area (Å²) in [5.41, 5.74) is 6.50. The molecule has 3 nitrogen and oxygen atoms in total. The number of pyridine rings is 1. The van der Waals surface area contributed by atoms with E-state index in [2.05, 4.69) is 95.3 Å². The van der Waals surface area contributed by atoms with Crippen LogP contribution in [-0.2, 0) is 19.3 Å². The van der Waals surface area contributed by atoms with Crippen LogP contribution in [0.15, 0.2) is 79.0 Å². The summed E-state index contributed by atoms with van der Waals surface area (Å²) >= 11 is 0. The molecule has 1 aliphatic rings. The molecule has 1 aliphatic carbocycles. The second-order valence-electron chi connectivity index (χ2n) is 8.11. The maximum absolute atomic E-state index is 5.03. The molecular weight excluding hydrogens is 354 g/mol. The molecule has 3 heteroatoms. The van der Waals surface area contributed by atoms with Crippen LogP contribution >= 0.6 is 0 Å². The Labute approximate surface area is 172 Å². The fraction of sp³-hybridized carbons (Fsp3) is 0.269. The van der Waals surface area contributed by atoms with E-state index in [1.807, 2.05) is 0 Å². The van der Waals surface area contributed by atoms with Gasteiger partial charge in [-0.25, -0.2) is 4.98 Å². The number of benzene rings is 2. The van der Waals surface area contributed by atoms with Crippen LogP contribution in [0.25, 0.3) is 16.8 Å². The molecule has 0 bridgehead atoms. The van der Waals surface area contributed by atoms with Crippen molar-refractivity contribution in [2.75, 3.05) is 13.6 Å². The number of nitrogens with zero attached hydrogens (tertiary/aromatic N) is 3. The van der Waals surface area contributed by atoms with Gasteiger partial charge in [0.15, 0.2) is 0 Å². The van der Waals surface area contributed by atoms with Crippen LogP contribution in [0, 0.1) is 0 Å². The molecule has 0 saturated carbocycles. The molecule has 2 aromatic heterocycles. The first kappa shape index (κ1) is 18.1. The maximum Gasteiger partial charge on any atom is 0.114 e. The summed E-state index contributed by atoms with van der Waals surface area (Å²) in [4.78, 5) is 7.57. The van der Waals surface area contributed by atoms with Gasteiger partial charge < -0.3 is 9.30 Å². The highest BCUT2D eigenvalue weighted by Gasteiger charge is 2.24. The summed E-state index contributed by atoms with van der Waals surface area (Å²) in [6.07, 6.45) is 6.60. The largest absolute Gasteiger partial charge is 0.303 e. The van der Waals surface area contributed by atoms with Gasteiger partial charge in [0.05, 0.1) is 11.2 Å². The monoisotopic (exact) mass is 381 g/mol. The number of likely N-dealkylation sites (N-methyl/N-ethyl adjacent to an activating group) is 1. The average Bonchev–Trinajstić information content (AvgIpc) is 3.36. The lowest BCUT2D eigenvalue weighted by Gasteiger charge is -2.23. The molecule has 0 saturated heterocycles. The molecular formula is C26H27N3. The van der Waals surface area contributed by atoms with Gasteiger partial charge in [0, 0.05) is 24.2 Å². The zero-order chi connectivity index (χ0) is 19.6. The molecule has 0 amide bonds. The summed E-state index contributed by atoms with van der Waals surface area (Å²) < 4.78 is 2.26. The number of aryl methyl sites for hydroxylation is 1. The van der Waals surface area contributed by atoms with Crippen LogP contribution in [-0.4, -0.2) is 33.9 Å². The summed E-state index contributed by atoms with van der Waals surface area (Å²) in [5, 5.41) is 0. The fourth-order valence-corrected chi connectivity index (χ4v) is 4.60. The van der Waals surface area contributed by atoms with Crippen molar-refractivity contribution < 1.29 is 0 Å². The zero-order valence-electron chi connectivity index (χ0n) is 17.0. The third-order valence-corrected chi connectivity index (χ3v) is 6.23. The van der Waals surface area contributed by atoms with Gasteiger partial charge in [0.25, 0.3) is 0 Å². The summed E-state index contributed by atoms with van der Waals surface area (Å²) in [6, 6.07) is 26.4. The molecule has 2 aromatic carbocycles. The highest BCUT2D eigenvalue weighted by atomic mass is 15.1. The van der Waals surface area contributed by atoms with Crippen LogP contribution < -0.4 is 0 Å². The first-order valence-corrected chi connectivity index (χ1v) is 10.6. The average molecular weight is 382 g/mol. The van der Waals surface area contributed by atoms with Gasteiger partial charge in [0.2, 0.25) is 0 Å². The molecule has 29 heavy (non-hydrogen) atoms. The number of aromatic nitrogens is 2. The summed E-state index contributed by atoms with van der Waals surface area (Å²) in [6.45, 7) is 1.10. The Morgan fingerprint density at radius 2 is 1.59 bits per heavy atom. The minimum absolute atomic E-state index is 0.629. The van der Waals surface area contributed by atoms with Gasteiger partial charge in [-0.3, -0.25) is 0 Å². The lowest BCUT2D eigenvalue weighted by atomic mass is 10.1. The molecule has 0 aliphatic heterocycles. The van der Waals surface area contributed by atoms with E-state index in [-0.39, 0.29) is 0 Å². The van der Waals surface area contributed by atoms with Gasteiger partial charge in [-0.15, -0.1) is 0 Å². The Kier molecular flexibility index (Phi) is 4.91. The van der Waals surface area contributed by atoms with Crippen LogP contribution in [0.4, 0.5) is 0 Å². The van der Waals surface area contributed by atoms with E-state index in [0.29, 0.717) is 6.04 Å². The van der Waals surface area contributed by atoms with Gasteiger partial charge in [-0.05, 0) is 56.1 Å². The third-order valence-electron chi connectivity index (χ3n) is 6.23. The molecule has 146 valence electrons. The highest BCUT2D eigenvalue weighted by molar-refractivity contribution is 5.77.